The summed E-state index contributed by atoms with van der Waals surface area (Å²) in [6.45, 7) is 1.89. The molecule has 0 heterocycles. The van der Waals surface area contributed by atoms with E-state index >= 15 is 0 Å². The largest absolute Gasteiger partial charge is 0.480 e. The fourth-order valence-electron chi connectivity index (χ4n) is 1.58. The Morgan fingerprint density at radius 3 is 2.30 bits per heavy atom. The number of benzene rings is 1. The third-order valence-corrected chi connectivity index (χ3v) is 4.48. The standard InChI is InChI=1S/C12H15Cl2NO4S/c1-2-3-4-11(12(16)17)15-20(18,19)10-6-8(13)5-9(14)7-10/h5-7,11,15H,2-4H2,1H3,(H,16,17)/t11-/m0/s1. The van der Waals surface area contributed by atoms with Gasteiger partial charge in [-0.25, -0.2) is 8.42 Å². The van der Waals surface area contributed by atoms with E-state index in [1.807, 2.05) is 6.92 Å². The SMILES string of the molecule is CCCC[C@H](NS(=O)(=O)c1cc(Cl)cc(Cl)c1)C(=O)O. The first-order chi connectivity index (χ1) is 9.26. The van der Waals surface area contributed by atoms with E-state index in [9.17, 15) is 13.2 Å². The van der Waals surface area contributed by atoms with Crippen molar-refractivity contribution in [3.05, 3.63) is 28.2 Å². The van der Waals surface area contributed by atoms with E-state index in [4.69, 9.17) is 28.3 Å². The average molecular weight is 340 g/mol. The van der Waals surface area contributed by atoms with Crippen molar-refractivity contribution in [1.82, 2.24) is 4.72 Å². The van der Waals surface area contributed by atoms with Gasteiger partial charge in [-0.1, -0.05) is 43.0 Å². The van der Waals surface area contributed by atoms with Crippen molar-refractivity contribution in [2.45, 2.75) is 37.1 Å². The number of rotatable bonds is 7. The Hall–Kier alpha value is -0.820. The van der Waals surface area contributed by atoms with Crippen LogP contribution in [0.25, 0.3) is 0 Å². The van der Waals surface area contributed by atoms with Crippen LogP contribution in [0.4, 0.5) is 0 Å². The molecular formula is C12H15Cl2NO4S. The van der Waals surface area contributed by atoms with Crippen LogP contribution in [-0.4, -0.2) is 25.5 Å². The quantitative estimate of drug-likeness (QED) is 0.799. The Morgan fingerprint density at radius 2 is 1.85 bits per heavy atom. The summed E-state index contributed by atoms with van der Waals surface area (Å²) in [6.07, 6.45) is 1.60. The smallest absolute Gasteiger partial charge is 0.321 e. The van der Waals surface area contributed by atoms with Crippen LogP contribution in [0.5, 0.6) is 0 Å². The maximum absolute atomic E-state index is 12.1. The van der Waals surface area contributed by atoms with Crippen molar-refractivity contribution in [3.8, 4) is 0 Å². The molecule has 5 nitrogen and oxygen atoms in total. The number of carboxylic acid groups (broad SMARTS) is 1. The number of carboxylic acids is 1. The molecule has 0 amide bonds. The molecule has 0 aromatic heterocycles. The van der Waals surface area contributed by atoms with Crippen LogP contribution in [0.15, 0.2) is 23.1 Å². The lowest BCUT2D eigenvalue weighted by atomic mass is 10.1. The van der Waals surface area contributed by atoms with Gasteiger partial charge in [0.1, 0.15) is 6.04 Å². The number of aliphatic carboxylic acids is 1. The van der Waals surface area contributed by atoms with Crippen LogP contribution in [0.2, 0.25) is 10.0 Å². The summed E-state index contributed by atoms with van der Waals surface area (Å²) in [4.78, 5) is 10.9. The predicted octanol–water partition coefficient (Wildman–Crippen LogP) is 2.92. The second kappa shape index (κ2) is 7.26. The van der Waals surface area contributed by atoms with Crippen LogP contribution in [0.1, 0.15) is 26.2 Å². The van der Waals surface area contributed by atoms with E-state index in [1.54, 1.807) is 0 Å². The topological polar surface area (TPSA) is 83.5 Å². The molecule has 0 fully saturated rings. The molecule has 0 unspecified atom stereocenters. The maximum atomic E-state index is 12.1. The zero-order valence-corrected chi connectivity index (χ0v) is 13.1. The number of unbranched alkanes of at least 4 members (excludes halogenated alkanes) is 1. The minimum Gasteiger partial charge on any atom is -0.480 e. The number of nitrogens with one attached hydrogen (secondary N) is 1. The lowest BCUT2D eigenvalue weighted by molar-refractivity contribution is -0.139. The summed E-state index contributed by atoms with van der Waals surface area (Å²) in [7, 11) is -3.98. The number of carbonyl (C=O) groups is 1. The van der Waals surface area contributed by atoms with Crippen molar-refractivity contribution in [2.24, 2.45) is 0 Å². The molecule has 0 bridgehead atoms. The van der Waals surface area contributed by atoms with Crippen LogP contribution >= 0.6 is 23.2 Å². The number of halogens is 2. The summed E-state index contributed by atoms with van der Waals surface area (Å²) < 4.78 is 26.4. The Balaban J connectivity index is 3.00. The second-order valence-electron chi connectivity index (χ2n) is 4.26. The molecule has 1 aromatic carbocycles. The van der Waals surface area contributed by atoms with Crippen LogP contribution < -0.4 is 4.72 Å². The average Bonchev–Trinajstić information content (AvgIpc) is 2.32. The molecule has 0 saturated carbocycles. The number of hydrogen-bond acceptors (Lipinski definition) is 3. The lowest BCUT2D eigenvalue weighted by Gasteiger charge is -2.14. The zero-order chi connectivity index (χ0) is 15.3. The molecule has 1 aromatic rings. The minimum atomic E-state index is -3.98. The van der Waals surface area contributed by atoms with Crippen molar-refractivity contribution >= 4 is 39.2 Å². The molecule has 0 aliphatic carbocycles. The molecule has 0 spiro atoms. The monoisotopic (exact) mass is 339 g/mol. The highest BCUT2D eigenvalue weighted by Crippen LogP contribution is 2.22. The number of hydrogen-bond donors (Lipinski definition) is 2. The highest BCUT2D eigenvalue weighted by atomic mass is 35.5. The van der Waals surface area contributed by atoms with Crippen LogP contribution in [0, 0.1) is 0 Å². The first-order valence-corrected chi connectivity index (χ1v) is 8.21. The molecule has 0 aliphatic heterocycles. The Bertz CT molecular complexity index is 569. The first kappa shape index (κ1) is 17.2. The van der Waals surface area contributed by atoms with E-state index in [0.29, 0.717) is 6.42 Å². The minimum absolute atomic E-state index is 0.155. The van der Waals surface area contributed by atoms with E-state index in [1.165, 1.54) is 18.2 Å². The van der Waals surface area contributed by atoms with Gasteiger partial charge in [0.25, 0.3) is 0 Å². The fraction of sp³-hybridized carbons (Fsp3) is 0.417. The van der Waals surface area contributed by atoms with Crippen molar-refractivity contribution < 1.29 is 18.3 Å². The molecule has 0 aliphatic rings. The normalized spacial score (nSPS) is 13.2. The van der Waals surface area contributed by atoms with E-state index in [-0.39, 0.29) is 21.4 Å². The van der Waals surface area contributed by atoms with Crippen molar-refractivity contribution in [2.75, 3.05) is 0 Å². The summed E-state index contributed by atoms with van der Waals surface area (Å²) in [5.41, 5.74) is 0. The third kappa shape index (κ3) is 4.94. The highest BCUT2D eigenvalue weighted by Gasteiger charge is 2.25. The van der Waals surface area contributed by atoms with Gasteiger partial charge in [-0.15, -0.1) is 0 Å². The highest BCUT2D eigenvalue weighted by molar-refractivity contribution is 7.89. The molecule has 2 N–H and O–H groups in total. The van der Waals surface area contributed by atoms with Gasteiger partial charge < -0.3 is 5.11 Å². The van der Waals surface area contributed by atoms with Gasteiger partial charge in [-0.2, -0.15) is 4.72 Å². The van der Waals surface area contributed by atoms with E-state index in [0.717, 1.165) is 6.42 Å². The molecule has 112 valence electrons. The molecule has 8 heteroatoms. The van der Waals surface area contributed by atoms with Crippen molar-refractivity contribution in [1.29, 1.82) is 0 Å². The van der Waals surface area contributed by atoms with E-state index < -0.39 is 22.0 Å². The summed E-state index contributed by atoms with van der Waals surface area (Å²) in [6, 6.07) is 2.66. The van der Waals surface area contributed by atoms with Gasteiger partial charge in [0.05, 0.1) is 4.90 Å². The summed E-state index contributed by atoms with van der Waals surface area (Å²) in [5, 5.41) is 9.37. The van der Waals surface area contributed by atoms with E-state index in [2.05, 4.69) is 4.72 Å². The Morgan fingerprint density at radius 1 is 1.30 bits per heavy atom. The van der Waals surface area contributed by atoms with Gasteiger partial charge in [0, 0.05) is 10.0 Å². The van der Waals surface area contributed by atoms with Crippen LogP contribution in [0.3, 0.4) is 0 Å². The summed E-state index contributed by atoms with van der Waals surface area (Å²) in [5.74, 6) is -1.21. The molecular weight excluding hydrogens is 325 g/mol. The molecule has 0 saturated heterocycles. The Kier molecular flexibility index (Phi) is 6.26. The van der Waals surface area contributed by atoms with Gasteiger partial charge in [0.15, 0.2) is 0 Å². The molecule has 20 heavy (non-hydrogen) atoms. The summed E-state index contributed by atoms with van der Waals surface area (Å²) >= 11 is 11.5. The second-order valence-corrected chi connectivity index (χ2v) is 6.85. The van der Waals surface area contributed by atoms with Gasteiger partial charge >= 0.3 is 5.97 Å². The third-order valence-electron chi connectivity index (χ3n) is 2.59. The van der Waals surface area contributed by atoms with Gasteiger partial charge in [-0.3, -0.25) is 4.79 Å². The molecule has 0 radical (unpaired) electrons. The molecule has 1 rings (SSSR count). The number of sulfonamides is 1. The zero-order valence-electron chi connectivity index (χ0n) is 10.8. The first-order valence-electron chi connectivity index (χ1n) is 5.97. The maximum Gasteiger partial charge on any atom is 0.321 e. The van der Waals surface area contributed by atoms with Crippen molar-refractivity contribution in [3.63, 3.8) is 0 Å². The van der Waals surface area contributed by atoms with Gasteiger partial charge in [-0.05, 0) is 24.6 Å². The Labute approximate surface area is 127 Å². The lowest BCUT2D eigenvalue weighted by Crippen LogP contribution is -2.40. The molecule has 1 atom stereocenters. The van der Waals surface area contributed by atoms with Gasteiger partial charge in [0.2, 0.25) is 10.0 Å². The predicted molar refractivity (Wildman–Crippen MR) is 77.7 cm³/mol. The fourth-order valence-corrected chi connectivity index (χ4v) is 3.53. The van der Waals surface area contributed by atoms with Crippen LogP contribution in [-0.2, 0) is 14.8 Å².